The number of halogens is 2. The Hall–Kier alpha value is -0.140. The zero-order valence-electron chi connectivity index (χ0n) is 5.84. The van der Waals surface area contributed by atoms with Gasteiger partial charge in [-0.05, 0) is 40.8 Å². The molecule has 0 aliphatic heterocycles. The fraction of sp³-hybridized carbons (Fsp3) is 0. The first-order valence-electron chi connectivity index (χ1n) is 3.04. The molecule has 0 unspecified atom stereocenters. The lowest BCUT2D eigenvalue weighted by molar-refractivity contribution is 0.0705. The van der Waals surface area contributed by atoms with Gasteiger partial charge in [0.15, 0.2) is 0 Å². The van der Waals surface area contributed by atoms with E-state index >= 15 is 0 Å². The number of hydrogen-bond donors (Lipinski definition) is 2. The summed E-state index contributed by atoms with van der Waals surface area (Å²) in [4.78, 5) is 11.0. The summed E-state index contributed by atoms with van der Waals surface area (Å²) in [5.41, 5.74) is 2.04. The molecule has 12 heavy (non-hydrogen) atoms. The summed E-state index contributed by atoms with van der Waals surface area (Å²) in [6.07, 6.45) is 0. The molecular weight excluding hydrogens is 337 g/mol. The van der Waals surface area contributed by atoms with Crippen LogP contribution >= 0.6 is 38.5 Å². The maximum atomic E-state index is 11.0. The number of hydrogen-bond acceptors (Lipinski definition) is 2. The highest BCUT2D eigenvalue weighted by Crippen LogP contribution is 2.17. The average molecular weight is 342 g/mol. The average Bonchev–Trinajstić information content (AvgIpc) is 2.08. The molecule has 1 amide bonds. The van der Waals surface area contributed by atoms with E-state index in [1.807, 2.05) is 28.7 Å². The Bertz CT molecular complexity index is 316. The topological polar surface area (TPSA) is 49.3 Å². The van der Waals surface area contributed by atoms with E-state index in [-0.39, 0.29) is 0 Å². The minimum atomic E-state index is -0.499. The highest BCUT2D eigenvalue weighted by molar-refractivity contribution is 14.1. The minimum absolute atomic E-state index is 0.451. The van der Waals surface area contributed by atoms with Crippen molar-refractivity contribution in [1.29, 1.82) is 0 Å². The van der Waals surface area contributed by atoms with Crippen molar-refractivity contribution in [2.45, 2.75) is 0 Å². The first-order valence-corrected chi connectivity index (χ1v) is 4.92. The standard InChI is InChI=1S/C7H5BrINO2/c8-4-1-2-6(9)5(3-4)7(11)10-12/h1-3,12H,(H,10,11). The summed E-state index contributed by atoms with van der Waals surface area (Å²) in [6, 6.07) is 5.26. The van der Waals surface area contributed by atoms with Crippen LogP contribution in [0, 0.1) is 3.57 Å². The third-order valence-corrected chi connectivity index (χ3v) is 2.71. The van der Waals surface area contributed by atoms with Crippen LogP contribution in [0.5, 0.6) is 0 Å². The van der Waals surface area contributed by atoms with E-state index in [1.54, 1.807) is 17.6 Å². The Morgan fingerprint density at radius 1 is 1.58 bits per heavy atom. The Balaban J connectivity index is 3.13. The summed E-state index contributed by atoms with van der Waals surface area (Å²) in [5, 5.41) is 8.39. The van der Waals surface area contributed by atoms with Gasteiger partial charge in [0.2, 0.25) is 0 Å². The molecule has 1 rings (SSSR count). The van der Waals surface area contributed by atoms with E-state index in [9.17, 15) is 4.79 Å². The van der Waals surface area contributed by atoms with E-state index in [0.29, 0.717) is 5.56 Å². The van der Waals surface area contributed by atoms with Gasteiger partial charge in [0.05, 0.1) is 5.56 Å². The monoisotopic (exact) mass is 341 g/mol. The Kier molecular flexibility index (Phi) is 3.48. The predicted molar refractivity (Wildman–Crippen MR) is 56.1 cm³/mol. The van der Waals surface area contributed by atoms with Crippen molar-refractivity contribution in [3.63, 3.8) is 0 Å². The van der Waals surface area contributed by atoms with Gasteiger partial charge in [-0.1, -0.05) is 15.9 Å². The second kappa shape index (κ2) is 4.20. The van der Waals surface area contributed by atoms with Gasteiger partial charge >= 0.3 is 0 Å². The smallest absolute Gasteiger partial charge is 0.275 e. The normalized spacial score (nSPS) is 9.58. The summed E-state index contributed by atoms with van der Waals surface area (Å²) in [7, 11) is 0. The van der Waals surface area contributed by atoms with Crippen molar-refractivity contribution in [3.05, 3.63) is 31.8 Å². The molecule has 64 valence electrons. The van der Waals surface area contributed by atoms with Crippen molar-refractivity contribution in [2.75, 3.05) is 0 Å². The molecule has 5 heteroatoms. The highest BCUT2D eigenvalue weighted by Gasteiger charge is 2.08. The quantitative estimate of drug-likeness (QED) is 0.467. The number of hydroxylamine groups is 1. The van der Waals surface area contributed by atoms with E-state index in [4.69, 9.17) is 5.21 Å². The summed E-state index contributed by atoms with van der Waals surface area (Å²) >= 11 is 5.25. The van der Waals surface area contributed by atoms with Gasteiger partial charge in [0, 0.05) is 8.04 Å². The van der Waals surface area contributed by atoms with Gasteiger partial charge in [0.25, 0.3) is 5.91 Å². The Morgan fingerprint density at radius 2 is 2.25 bits per heavy atom. The Labute approximate surface area is 91.4 Å². The molecule has 0 spiro atoms. The van der Waals surface area contributed by atoms with Crippen LogP contribution in [-0.4, -0.2) is 11.1 Å². The lowest BCUT2D eigenvalue weighted by atomic mass is 10.2. The molecule has 2 N–H and O–H groups in total. The summed E-state index contributed by atoms with van der Waals surface area (Å²) in [6.45, 7) is 0. The molecule has 1 aromatic rings. The van der Waals surface area contributed by atoms with E-state index in [2.05, 4.69) is 15.9 Å². The number of carbonyl (C=O) groups excluding carboxylic acids is 1. The minimum Gasteiger partial charge on any atom is -0.288 e. The second-order valence-corrected chi connectivity index (χ2v) is 4.14. The van der Waals surface area contributed by atoms with Crippen LogP contribution in [0.4, 0.5) is 0 Å². The van der Waals surface area contributed by atoms with Gasteiger partial charge in [0.1, 0.15) is 0 Å². The molecule has 0 heterocycles. The van der Waals surface area contributed by atoms with Gasteiger partial charge in [-0.25, -0.2) is 5.48 Å². The van der Waals surface area contributed by atoms with Crippen LogP contribution in [0.3, 0.4) is 0 Å². The third kappa shape index (κ3) is 2.18. The molecule has 0 radical (unpaired) electrons. The molecule has 0 atom stereocenters. The van der Waals surface area contributed by atoms with Gasteiger partial charge in [-0.3, -0.25) is 10.0 Å². The molecule has 3 nitrogen and oxygen atoms in total. The fourth-order valence-electron chi connectivity index (χ4n) is 0.732. The lowest BCUT2D eigenvalue weighted by Crippen LogP contribution is -2.19. The van der Waals surface area contributed by atoms with Crippen LogP contribution in [-0.2, 0) is 0 Å². The van der Waals surface area contributed by atoms with E-state index in [1.165, 1.54) is 0 Å². The van der Waals surface area contributed by atoms with Crippen LogP contribution in [0.25, 0.3) is 0 Å². The van der Waals surface area contributed by atoms with Crippen LogP contribution in [0.2, 0.25) is 0 Å². The van der Waals surface area contributed by atoms with Crippen molar-refractivity contribution in [1.82, 2.24) is 5.48 Å². The van der Waals surface area contributed by atoms with Crippen molar-refractivity contribution in [3.8, 4) is 0 Å². The zero-order valence-corrected chi connectivity index (χ0v) is 9.59. The largest absolute Gasteiger partial charge is 0.288 e. The molecule has 1 aromatic carbocycles. The van der Waals surface area contributed by atoms with Crippen LogP contribution in [0.15, 0.2) is 22.7 Å². The van der Waals surface area contributed by atoms with Gasteiger partial charge in [-0.2, -0.15) is 0 Å². The second-order valence-electron chi connectivity index (χ2n) is 2.07. The number of carbonyl (C=O) groups is 1. The molecule has 0 aliphatic carbocycles. The summed E-state index contributed by atoms with van der Waals surface area (Å²) < 4.78 is 1.60. The predicted octanol–water partition coefficient (Wildman–Crippen LogP) is 2.17. The number of amides is 1. The molecule has 0 aliphatic rings. The number of benzene rings is 1. The molecular formula is C7H5BrINO2. The van der Waals surface area contributed by atoms with Crippen molar-refractivity contribution < 1.29 is 10.0 Å². The molecule has 0 aromatic heterocycles. The van der Waals surface area contributed by atoms with Gasteiger partial charge < -0.3 is 0 Å². The maximum Gasteiger partial charge on any atom is 0.275 e. The third-order valence-electron chi connectivity index (χ3n) is 1.27. The van der Waals surface area contributed by atoms with E-state index in [0.717, 1.165) is 8.04 Å². The van der Waals surface area contributed by atoms with Crippen LogP contribution in [0.1, 0.15) is 10.4 Å². The first-order chi connectivity index (χ1) is 5.65. The number of rotatable bonds is 1. The first kappa shape index (κ1) is 9.94. The van der Waals surface area contributed by atoms with Gasteiger partial charge in [-0.15, -0.1) is 0 Å². The van der Waals surface area contributed by atoms with E-state index < -0.39 is 5.91 Å². The maximum absolute atomic E-state index is 11.0. The summed E-state index contributed by atoms with van der Waals surface area (Å²) in [5.74, 6) is -0.499. The number of nitrogens with one attached hydrogen (secondary N) is 1. The SMILES string of the molecule is O=C(NO)c1cc(Br)ccc1I. The molecule has 0 bridgehead atoms. The zero-order chi connectivity index (χ0) is 9.14. The van der Waals surface area contributed by atoms with Crippen molar-refractivity contribution >= 4 is 44.4 Å². The lowest BCUT2D eigenvalue weighted by Gasteiger charge is -2.01. The molecule has 0 fully saturated rings. The molecule has 0 saturated heterocycles. The molecule has 0 saturated carbocycles. The fourth-order valence-corrected chi connectivity index (χ4v) is 1.67. The Morgan fingerprint density at radius 3 is 2.83 bits per heavy atom. The van der Waals surface area contributed by atoms with Crippen molar-refractivity contribution in [2.24, 2.45) is 0 Å². The van der Waals surface area contributed by atoms with Crippen LogP contribution < -0.4 is 5.48 Å². The highest BCUT2D eigenvalue weighted by atomic mass is 127.